The summed E-state index contributed by atoms with van der Waals surface area (Å²) in [5.41, 5.74) is 1.76. The Balaban J connectivity index is 1.52. The van der Waals surface area contributed by atoms with Crippen molar-refractivity contribution in [1.29, 1.82) is 0 Å². The van der Waals surface area contributed by atoms with E-state index in [0.717, 1.165) is 12.8 Å². The number of benzene rings is 1. The van der Waals surface area contributed by atoms with Gasteiger partial charge in [0.05, 0.1) is 13.2 Å². The fourth-order valence-electron chi connectivity index (χ4n) is 2.46. The Bertz CT molecular complexity index is 640. The molecule has 2 heterocycles. The van der Waals surface area contributed by atoms with Crippen LogP contribution in [0.25, 0.3) is 0 Å². The number of nitrogens with zero attached hydrogens (tertiary/aromatic N) is 1. The number of ether oxygens (including phenoxy) is 2. The summed E-state index contributed by atoms with van der Waals surface area (Å²) in [5.74, 6) is 0.354. The highest BCUT2D eigenvalue weighted by Gasteiger charge is 2.18. The Kier molecular flexibility index (Phi) is 5.21. The smallest absolute Gasteiger partial charge is 0.251 e. The molecule has 5 nitrogen and oxygen atoms in total. The van der Waals surface area contributed by atoms with Gasteiger partial charge in [-0.1, -0.05) is 30.3 Å². The van der Waals surface area contributed by atoms with Crippen molar-refractivity contribution in [3.8, 4) is 5.88 Å². The van der Waals surface area contributed by atoms with Crippen molar-refractivity contribution in [2.24, 2.45) is 0 Å². The molecule has 0 saturated carbocycles. The number of carbonyl (C=O) groups is 1. The van der Waals surface area contributed by atoms with Gasteiger partial charge in [-0.2, -0.15) is 0 Å². The molecule has 1 aromatic heterocycles. The summed E-state index contributed by atoms with van der Waals surface area (Å²) in [5, 5.41) is 2.92. The molecule has 3 rings (SSSR count). The molecule has 23 heavy (non-hydrogen) atoms. The summed E-state index contributed by atoms with van der Waals surface area (Å²) in [6, 6.07) is 13.4. The first-order chi connectivity index (χ1) is 11.3. The van der Waals surface area contributed by atoms with E-state index < -0.39 is 0 Å². The lowest BCUT2D eigenvalue weighted by Gasteiger charge is -2.11. The molecule has 120 valence electrons. The Labute approximate surface area is 135 Å². The summed E-state index contributed by atoms with van der Waals surface area (Å²) in [4.78, 5) is 16.4. The maximum atomic E-state index is 12.2. The number of carbonyl (C=O) groups excluding carboxylic acids is 1. The summed E-state index contributed by atoms with van der Waals surface area (Å²) in [6.45, 7) is 1.89. The molecule has 0 spiro atoms. The molecule has 2 aromatic rings. The van der Waals surface area contributed by atoms with E-state index in [2.05, 4.69) is 10.3 Å². The Morgan fingerprint density at radius 2 is 2.17 bits per heavy atom. The molecule has 1 aromatic carbocycles. The molecule has 1 aliphatic rings. The minimum atomic E-state index is -0.115. The molecule has 1 aliphatic heterocycles. The number of hydrogen-bond donors (Lipinski definition) is 1. The Morgan fingerprint density at radius 1 is 1.30 bits per heavy atom. The largest absolute Gasteiger partial charge is 0.472 e. The Morgan fingerprint density at radius 3 is 2.96 bits per heavy atom. The first-order valence-electron chi connectivity index (χ1n) is 7.84. The zero-order valence-corrected chi connectivity index (χ0v) is 12.9. The third-order valence-corrected chi connectivity index (χ3v) is 3.71. The predicted octanol–water partition coefficient (Wildman–Crippen LogP) is 2.22. The van der Waals surface area contributed by atoms with E-state index in [9.17, 15) is 4.79 Å². The molecule has 0 bridgehead atoms. The lowest BCUT2D eigenvalue weighted by atomic mass is 10.1. The van der Waals surface area contributed by atoms with Crippen LogP contribution in [0.4, 0.5) is 0 Å². The van der Waals surface area contributed by atoms with E-state index in [1.807, 2.05) is 30.3 Å². The van der Waals surface area contributed by atoms with Gasteiger partial charge in [0, 0.05) is 30.8 Å². The molecular formula is C18H20N2O3. The SMILES string of the molecule is O=C(NCCc1ccccc1)c1ccnc(OC2CCOC2)c1. The normalized spacial score (nSPS) is 17.0. The zero-order chi connectivity index (χ0) is 15.9. The zero-order valence-electron chi connectivity index (χ0n) is 12.9. The molecule has 1 amide bonds. The molecular weight excluding hydrogens is 292 g/mol. The first kappa shape index (κ1) is 15.5. The topological polar surface area (TPSA) is 60.5 Å². The third kappa shape index (κ3) is 4.53. The highest BCUT2D eigenvalue weighted by atomic mass is 16.5. The van der Waals surface area contributed by atoms with Gasteiger partial charge in [-0.05, 0) is 18.1 Å². The van der Waals surface area contributed by atoms with Gasteiger partial charge in [0.25, 0.3) is 5.91 Å². The monoisotopic (exact) mass is 312 g/mol. The second kappa shape index (κ2) is 7.74. The van der Waals surface area contributed by atoms with E-state index in [-0.39, 0.29) is 12.0 Å². The van der Waals surface area contributed by atoms with Crippen molar-refractivity contribution >= 4 is 5.91 Å². The van der Waals surface area contributed by atoms with E-state index in [1.165, 1.54) is 5.56 Å². The van der Waals surface area contributed by atoms with E-state index in [1.54, 1.807) is 18.3 Å². The minimum absolute atomic E-state index is 0.0268. The fraction of sp³-hybridized carbons (Fsp3) is 0.333. The van der Waals surface area contributed by atoms with Crippen molar-refractivity contribution in [1.82, 2.24) is 10.3 Å². The summed E-state index contributed by atoms with van der Waals surface area (Å²) in [7, 11) is 0. The number of pyridine rings is 1. The van der Waals surface area contributed by atoms with Crippen molar-refractivity contribution in [2.45, 2.75) is 18.9 Å². The second-order valence-electron chi connectivity index (χ2n) is 5.48. The van der Waals surface area contributed by atoms with Crippen molar-refractivity contribution < 1.29 is 14.3 Å². The van der Waals surface area contributed by atoms with Crippen LogP contribution >= 0.6 is 0 Å². The van der Waals surface area contributed by atoms with Crippen LogP contribution in [0.3, 0.4) is 0 Å². The lowest BCUT2D eigenvalue weighted by Crippen LogP contribution is -2.26. The van der Waals surface area contributed by atoms with Gasteiger partial charge in [-0.15, -0.1) is 0 Å². The van der Waals surface area contributed by atoms with Gasteiger partial charge in [0.2, 0.25) is 5.88 Å². The minimum Gasteiger partial charge on any atom is -0.472 e. The third-order valence-electron chi connectivity index (χ3n) is 3.71. The summed E-state index contributed by atoms with van der Waals surface area (Å²) in [6.07, 6.45) is 3.28. The van der Waals surface area contributed by atoms with Gasteiger partial charge >= 0.3 is 0 Å². The molecule has 1 saturated heterocycles. The number of rotatable bonds is 6. The second-order valence-corrected chi connectivity index (χ2v) is 5.48. The van der Waals surface area contributed by atoms with Crippen LogP contribution in [-0.4, -0.2) is 36.8 Å². The van der Waals surface area contributed by atoms with Crippen LogP contribution in [0.15, 0.2) is 48.7 Å². The van der Waals surface area contributed by atoms with Crippen molar-refractivity contribution in [2.75, 3.05) is 19.8 Å². The number of amides is 1. The van der Waals surface area contributed by atoms with Crippen molar-refractivity contribution in [3.63, 3.8) is 0 Å². The Hall–Kier alpha value is -2.40. The van der Waals surface area contributed by atoms with Crippen LogP contribution in [0.1, 0.15) is 22.3 Å². The van der Waals surface area contributed by atoms with Gasteiger partial charge < -0.3 is 14.8 Å². The number of aromatic nitrogens is 1. The summed E-state index contributed by atoms with van der Waals surface area (Å²) < 4.78 is 11.0. The van der Waals surface area contributed by atoms with Gasteiger partial charge in [-0.3, -0.25) is 4.79 Å². The first-order valence-corrected chi connectivity index (χ1v) is 7.84. The maximum absolute atomic E-state index is 12.2. The summed E-state index contributed by atoms with van der Waals surface area (Å²) >= 11 is 0. The number of nitrogens with one attached hydrogen (secondary N) is 1. The molecule has 0 aliphatic carbocycles. The fourth-order valence-corrected chi connectivity index (χ4v) is 2.46. The standard InChI is InChI=1S/C18H20N2O3/c21-18(20-9-6-14-4-2-1-3-5-14)15-7-10-19-17(12-15)23-16-8-11-22-13-16/h1-5,7,10,12,16H,6,8-9,11,13H2,(H,20,21). The average molecular weight is 312 g/mol. The highest BCUT2D eigenvalue weighted by molar-refractivity contribution is 5.94. The average Bonchev–Trinajstić information content (AvgIpc) is 3.09. The van der Waals surface area contributed by atoms with E-state index >= 15 is 0 Å². The molecule has 0 radical (unpaired) electrons. The molecule has 5 heteroatoms. The molecule has 1 fully saturated rings. The predicted molar refractivity (Wildman–Crippen MR) is 86.6 cm³/mol. The number of hydrogen-bond acceptors (Lipinski definition) is 4. The lowest BCUT2D eigenvalue weighted by molar-refractivity contribution is 0.0952. The molecule has 1 atom stereocenters. The van der Waals surface area contributed by atoms with Crippen molar-refractivity contribution in [3.05, 3.63) is 59.8 Å². The molecule has 1 N–H and O–H groups in total. The van der Waals surface area contributed by atoms with E-state index in [4.69, 9.17) is 9.47 Å². The van der Waals surface area contributed by atoms with Crippen LogP contribution in [-0.2, 0) is 11.2 Å². The maximum Gasteiger partial charge on any atom is 0.251 e. The van der Waals surface area contributed by atoms with Gasteiger partial charge in [0.1, 0.15) is 6.10 Å². The van der Waals surface area contributed by atoms with Crippen LogP contribution < -0.4 is 10.1 Å². The van der Waals surface area contributed by atoms with Gasteiger partial charge in [0.15, 0.2) is 0 Å². The van der Waals surface area contributed by atoms with E-state index in [0.29, 0.717) is 31.2 Å². The highest BCUT2D eigenvalue weighted by Crippen LogP contribution is 2.15. The van der Waals surface area contributed by atoms with Crippen LogP contribution in [0.5, 0.6) is 5.88 Å². The molecule has 1 unspecified atom stereocenters. The van der Waals surface area contributed by atoms with Crippen LogP contribution in [0.2, 0.25) is 0 Å². The quantitative estimate of drug-likeness (QED) is 0.888. The van der Waals surface area contributed by atoms with Crippen LogP contribution in [0, 0.1) is 0 Å². The van der Waals surface area contributed by atoms with Gasteiger partial charge in [-0.25, -0.2) is 4.98 Å².